The Hall–Kier alpha value is -0.570. The standard InChI is InChI=1S/C16H29NO2/c1-12(2)16(18)19-15(13-8-4-3-5-9-13)14-10-6-7-11-17-14/h12-15,17H,3-11H2,1-2H3. The van der Waals surface area contributed by atoms with Crippen LogP contribution >= 0.6 is 0 Å². The fourth-order valence-corrected chi connectivity index (χ4v) is 3.40. The Morgan fingerprint density at radius 2 is 1.74 bits per heavy atom. The Kier molecular flexibility index (Phi) is 5.68. The lowest BCUT2D eigenvalue weighted by Crippen LogP contribution is -2.49. The summed E-state index contributed by atoms with van der Waals surface area (Å²) in [6, 6.07) is 0.388. The van der Waals surface area contributed by atoms with E-state index in [0.29, 0.717) is 12.0 Å². The molecular formula is C16H29NO2. The minimum atomic E-state index is -0.0250. The molecule has 0 aromatic carbocycles. The molecule has 2 rings (SSSR count). The highest BCUT2D eigenvalue weighted by Crippen LogP contribution is 2.31. The van der Waals surface area contributed by atoms with E-state index >= 15 is 0 Å². The molecule has 2 aliphatic rings. The highest BCUT2D eigenvalue weighted by Gasteiger charge is 2.34. The van der Waals surface area contributed by atoms with Gasteiger partial charge in [-0.1, -0.05) is 39.5 Å². The van der Waals surface area contributed by atoms with E-state index in [1.807, 2.05) is 13.8 Å². The van der Waals surface area contributed by atoms with Gasteiger partial charge in [0.2, 0.25) is 0 Å². The van der Waals surface area contributed by atoms with Gasteiger partial charge in [-0.2, -0.15) is 0 Å². The molecule has 1 saturated carbocycles. The van der Waals surface area contributed by atoms with Crippen molar-refractivity contribution in [2.75, 3.05) is 6.54 Å². The second-order valence-electron chi connectivity index (χ2n) is 6.51. The first-order valence-corrected chi connectivity index (χ1v) is 8.12. The fraction of sp³-hybridized carbons (Fsp3) is 0.938. The minimum absolute atomic E-state index is 0.0188. The summed E-state index contributed by atoms with van der Waals surface area (Å²) in [7, 11) is 0. The van der Waals surface area contributed by atoms with Crippen molar-refractivity contribution in [3.63, 3.8) is 0 Å². The normalized spacial score (nSPS) is 27.2. The van der Waals surface area contributed by atoms with E-state index < -0.39 is 0 Å². The lowest BCUT2D eigenvalue weighted by Gasteiger charge is -2.38. The van der Waals surface area contributed by atoms with Crippen molar-refractivity contribution in [3.8, 4) is 0 Å². The van der Waals surface area contributed by atoms with Gasteiger partial charge in [0.25, 0.3) is 0 Å². The minimum Gasteiger partial charge on any atom is -0.460 e. The molecule has 0 amide bonds. The van der Waals surface area contributed by atoms with Gasteiger partial charge in [0.1, 0.15) is 6.10 Å². The second-order valence-corrected chi connectivity index (χ2v) is 6.51. The molecule has 110 valence electrons. The molecule has 3 nitrogen and oxygen atoms in total. The van der Waals surface area contributed by atoms with E-state index in [0.717, 1.165) is 13.0 Å². The largest absolute Gasteiger partial charge is 0.460 e. The van der Waals surface area contributed by atoms with Crippen LogP contribution in [0.5, 0.6) is 0 Å². The Morgan fingerprint density at radius 3 is 2.32 bits per heavy atom. The molecular weight excluding hydrogens is 238 g/mol. The van der Waals surface area contributed by atoms with E-state index in [2.05, 4.69) is 5.32 Å². The summed E-state index contributed by atoms with van der Waals surface area (Å²) in [6.07, 6.45) is 10.2. The Bertz CT molecular complexity index is 260. The maximum atomic E-state index is 12.0. The number of hydrogen-bond donors (Lipinski definition) is 1. The molecule has 1 N–H and O–H groups in total. The van der Waals surface area contributed by atoms with Crippen molar-refractivity contribution in [1.82, 2.24) is 5.32 Å². The van der Waals surface area contributed by atoms with Crippen molar-refractivity contribution in [3.05, 3.63) is 0 Å². The number of carbonyl (C=O) groups is 1. The average Bonchev–Trinajstić information content (AvgIpc) is 2.46. The number of hydrogen-bond acceptors (Lipinski definition) is 3. The topological polar surface area (TPSA) is 38.3 Å². The molecule has 1 heterocycles. The van der Waals surface area contributed by atoms with Gasteiger partial charge in [-0.3, -0.25) is 4.79 Å². The number of rotatable bonds is 4. The maximum absolute atomic E-state index is 12.0. The number of esters is 1. The Labute approximate surface area is 117 Å². The van der Waals surface area contributed by atoms with Gasteiger partial charge in [-0.15, -0.1) is 0 Å². The van der Waals surface area contributed by atoms with Crippen molar-refractivity contribution in [1.29, 1.82) is 0 Å². The zero-order valence-electron chi connectivity index (χ0n) is 12.5. The van der Waals surface area contributed by atoms with Gasteiger partial charge < -0.3 is 10.1 Å². The lowest BCUT2D eigenvalue weighted by atomic mass is 9.80. The molecule has 1 aliphatic carbocycles. The number of ether oxygens (including phenoxy) is 1. The van der Waals surface area contributed by atoms with Crippen LogP contribution in [0.15, 0.2) is 0 Å². The summed E-state index contributed by atoms with van der Waals surface area (Å²) in [5.41, 5.74) is 0. The first-order chi connectivity index (χ1) is 9.18. The summed E-state index contributed by atoms with van der Waals surface area (Å²) in [5, 5.41) is 3.58. The third kappa shape index (κ3) is 4.20. The highest BCUT2D eigenvalue weighted by atomic mass is 16.5. The van der Waals surface area contributed by atoms with Crippen LogP contribution in [0, 0.1) is 11.8 Å². The van der Waals surface area contributed by atoms with Crippen molar-refractivity contribution >= 4 is 5.97 Å². The molecule has 3 heteroatoms. The summed E-state index contributed by atoms with van der Waals surface area (Å²) in [5.74, 6) is 0.532. The molecule has 0 aromatic heterocycles. The highest BCUT2D eigenvalue weighted by molar-refractivity contribution is 5.71. The zero-order valence-corrected chi connectivity index (χ0v) is 12.5. The summed E-state index contributed by atoms with van der Waals surface area (Å²) >= 11 is 0. The van der Waals surface area contributed by atoms with E-state index in [1.54, 1.807) is 0 Å². The number of nitrogens with one attached hydrogen (secondary N) is 1. The first-order valence-electron chi connectivity index (χ1n) is 8.12. The predicted octanol–water partition coefficient (Wildman–Crippen LogP) is 3.28. The van der Waals surface area contributed by atoms with Crippen LogP contribution in [0.1, 0.15) is 65.2 Å². The van der Waals surface area contributed by atoms with Crippen LogP contribution < -0.4 is 5.32 Å². The first kappa shape index (κ1) is 14.8. The van der Waals surface area contributed by atoms with Gasteiger partial charge in [0.15, 0.2) is 0 Å². The van der Waals surface area contributed by atoms with Crippen molar-refractivity contribution in [2.24, 2.45) is 11.8 Å². The molecule has 2 fully saturated rings. The Balaban J connectivity index is 2.00. The van der Waals surface area contributed by atoms with Gasteiger partial charge in [-0.05, 0) is 38.1 Å². The molecule has 2 atom stereocenters. The van der Waals surface area contributed by atoms with Crippen molar-refractivity contribution in [2.45, 2.75) is 77.4 Å². The van der Waals surface area contributed by atoms with E-state index in [1.165, 1.54) is 44.9 Å². The fourth-order valence-electron chi connectivity index (χ4n) is 3.40. The van der Waals surface area contributed by atoms with Crippen molar-refractivity contribution < 1.29 is 9.53 Å². The zero-order chi connectivity index (χ0) is 13.7. The SMILES string of the molecule is CC(C)C(=O)OC(C1CCCCC1)C1CCCCN1. The lowest BCUT2D eigenvalue weighted by molar-refractivity contribution is -0.159. The third-order valence-corrected chi connectivity index (χ3v) is 4.58. The molecule has 1 aliphatic heterocycles. The molecule has 0 aromatic rings. The molecule has 0 bridgehead atoms. The van der Waals surface area contributed by atoms with Gasteiger partial charge >= 0.3 is 5.97 Å². The van der Waals surface area contributed by atoms with E-state index in [-0.39, 0.29) is 18.0 Å². The molecule has 2 unspecified atom stereocenters. The predicted molar refractivity (Wildman–Crippen MR) is 76.9 cm³/mol. The Morgan fingerprint density at radius 1 is 1.05 bits per heavy atom. The number of piperidine rings is 1. The third-order valence-electron chi connectivity index (χ3n) is 4.58. The summed E-state index contributed by atoms with van der Waals surface area (Å²) in [6.45, 7) is 4.93. The van der Waals surface area contributed by atoms with Crippen LogP contribution in [-0.2, 0) is 9.53 Å². The second kappa shape index (κ2) is 7.28. The van der Waals surface area contributed by atoms with Crippen LogP contribution in [0.2, 0.25) is 0 Å². The summed E-state index contributed by atoms with van der Waals surface area (Å²) < 4.78 is 5.89. The van der Waals surface area contributed by atoms with E-state index in [4.69, 9.17) is 4.74 Å². The summed E-state index contributed by atoms with van der Waals surface area (Å²) in [4.78, 5) is 12.0. The van der Waals surface area contributed by atoms with Crippen LogP contribution in [0.3, 0.4) is 0 Å². The molecule has 1 saturated heterocycles. The molecule has 19 heavy (non-hydrogen) atoms. The van der Waals surface area contributed by atoms with E-state index in [9.17, 15) is 4.79 Å². The van der Waals surface area contributed by atoms with Gasteiger partial charge in [-0.25, -0.2) is 0 Å². The van der Waals surface area contributed by atoms with Gasteiger partial charge in [0.05, 0.1) is 5.92 Å². The van der Waals surface area contributed by atoms with Crippen LogP contribution in [0.25, 0.3) is 0 Å². The molecule has 0 radical (unpaired) electrons. The smallest absolute Gasteiger partial charge is 0.308 e. The average molecular weight is 267 g/mol. The molecule has 0 spiro atoms. The number of carbonyl (C=O) groups excluding carboxylic acids is 1. The monoisotopic (exact) mass is 267 g/mol. The van der Waals surface area contributed by atoms with Crippen LogP contribution in [0.4, 0.5) is 0 Å². The van der Waals surface area contributed by atoms with Gasteiger partial charge in [0, 0.05) is 6.04 Å². The van der Waals surface area contributed by atoms with Crippen LogP contribution in [-0.4, -0.2) is 24.7 Å². The quantitative estimate of drug-likeness (QED) is 0.794. The maximum Gasteiger partial charge on any atom is 0.308 e.